The van der Waals surface area contributed by atoms with Gasteiger partial charge in [-0.1, -0.05) is 0 Å². The Hall–Kier alpha value is -1.29. The van der Waals surface area contributed by atoms with E-state index in [0.717, 1.165) is 11.3 Å². The normalized spacial score (nSPS) is 12.6. The average molecular weight is 224 g/mol. The summed E-state index contributed by atoms with van der Waals surface area (Å²) in [6, 6.07) is 1.49. The van der Waals surface area contributed by atoms with Crippen molar-refractivity contribution in [2.45, 2.75) is 33.2 Å². The minimum Gasteiger partial charge on any atom is -0.465 e. The van der Waals surface area contributed by atoms with Crippen LogP contribution in [0.15, 0.2) is 6.07 Å². The van der Waals surface area contributed by atoms with Crippen molar-refractivity contribution in [2.75, 3.05) is 6.61 Å². The monoisotopic (exact) mass is 224 g/mol. The fourth-order valence-corrected chi connectivity index (χ4v) is 1.71. The van der Waals surface area contributed by atoms with Crippen LogP contribution in [0.5, 0.6) is 0 Å². The largest absolute Gasteiger partial charge is 0.465 e. The number of hydrogen-bond acceptors (Lipinski definition) is 3. The maximum absolute atomic E-state index is 11.4. The molecule has 0 aliphatic carbocycles. The lowest BCUT2D eigenvalue weighted by Gasteiger charge is -2.10. The third-order valence-electron chi connectivity index (χ3n) is 2.91. The van der Waals surface area contributed by atoms with Crippen LogP contribution in [0.1, 0.15) is 23.9 Å². The molecule has 1 unspecified atom stereocenters. The van der Waals surface area contributed by atoms with Crippen LogP contribution in [0.2, 0.25) is 0 Å². The number of carbonyl (C=O) groups excluding carboxylic acids is 1. The average Bonchev–Trinajstić information content (AvgIpc) is 2.47. The molecule has 0 saturated heterocycles. The van der Waals surface area contributed by atoms with Crippen molar-refractivity contribution in [3.05, 3.63) is 23.0 Å². The van der Waals surface area contributed by atoms with E-state index >= 15 is 0 Å². The molecule has 4 heteroatoms. The number of aryl methyl sites for hydroxylation is 1. The molecule has 2 N–H and O–H groups in total. The molecule has 0 bridgehead atoms. The van der Waals surface area contributed by atoms with Crippen molar-refractivity contribution in [3.8, 4) is 0 Å². The van der Waals surface area contributed by atoms with Crippen LogP contribution >= 0.6 is 0 Å². The van der Waals surface area contributed by atoms with Crippen LogP contribution < -0.4 is 5.73 Å². The number of esters is 1. The van der Waals surface area contributed by atoms with E-state index in [-0.39, 0.29) is 5.97 Å². The summed E-state index contributed by atoms with van der Waals surface area (Å²) in [4.78, 5) is 11.4. The van der Waals surface area contributed by atoms with E-state index < -0.39 is 6.04 Å². The molecule has 1 aromatic heterocycles. The predicted octanol–water partition coefficient (Wildman–Crippen LogP) is 1.07. The summed E-state index contributed by atoms with van der Waals surface area (Å²) in [5.41, 5.74) is 9.21. The standard InChI is InChI=1S/C12H20N2O2/c1-5-16-12(15)11(13)7-10-6-8(2)14(4)9(10)3/h6,11H,5,7,13H2,1-4H3. The summed E-state index contributed by atoms with van der Waals surface area (Å²) in [7, 11) is 2.00. The van der Waals surface area contributed by atoms with Gasteiger partial charge in [0.1, 0.15) is 6.04 Å². The molecular weight excluding hydrogens is 204 g/mol. The Morgan fingerprint density at radius 3 is 2.62 bits per heavy atom. The molecule has 0 fully saturated rings. The quantitative estimate of drug-likeness (QED) is 0.778. The molecule has 0 spiro atoms. The van der Waals surface area contributed by atoms with Crippen LogP contribution in [-0.4, -0.2) is 23.2 Å². The Labute approximate surface area is 96.4 Å². The molecule has 90 valence electrons. The number of carbonyl (C=O) groups is 1. The van der Waals surface area contributed by atoms with E-state index in [4.69, 9.17) is 10.5 Å². The smallest absolute Gasteiger partial charge is 0.323 e. The van der Waals surface area contributed by atoms with Crippen molar-refractivity contribution in [1.82, 2.24) is 4.57 Å². The predicted molar refractivity (Wildman–Crippen MR) is 63.2 cm³/mol. The van der Waals surface area contributed by atoms with Gasteiger partial charge in [-0.05, 0) is 38.8 Å². The van der Waals surface area contributed by atoms with Gasteiger partial charge in [-0.3, -0.25) is 4.79 Å². The maximum Gasteiger partial charge on any atom is 0.323 e. The minimum absolute atomic E-state index is 0.330. The molecule has 1 atom stereocenters. The maximum atomic E-state index is 11.4. The molecule has 0 aliphatic heterocycles. The summed E-state index contributed by atoms with van der Waals surface area (Å²) < 4.78 is 6.97. The van der Waals surface area contributed by atoms with E-state index in [1.165, 1.54) is 5.69 Å². The first-order chi connectivity index (χ1) is 7.47. The zero-order chi connectivity index (χ0) is 12.3. The van der Waals surface area contributed by atoms with Gasteiger partial charge >= 0.3 is 5.97 Å². The number of hydrogen-bond donors (Lipinski definition) is 1. The van der Waals surface area contributed by atoms with E-state index in [1.54, 1.807) is 6.92 Å². The third kappa shape index (κ3) is 2.64. The molecule has 1 rings (SSSR count). The lowest BCUT2D eigenvalue weighted by Crippen LogP contribution is -2.34. The van der Waals surface area contributed by atoms with Gasteiger partial charge < -0.3 is 15.0 Å². The number of nitrogens with two attached hydrogens (primary N) is 1. The molecule has 1 heterocycles. The van der Waals surface area contributed by atoms with Crippen LogP contribution in [0.3, 0.4) is 0 Å². The van der Waals surface area contributed by atoms with Crippen molar-refractivity contribution in [2.24, 2.45) is 12.8 Å². The molecule has 0 amide bonds. The van der Waals surface area contributed by atoms with Gasteiger partial charge in [0.25, 0.3) is 0 Å². The molecule has 16 heavy (non-hydrogen) atoms. The third-order valence-corrected chi connectivity index (χ3v) is 2.91. The first kappa shape index (κ1) is 12.8. The van der Waals surface area contributed by atoms with Gasteiger partial charge in [0.2, 0.25) is 0 Å². The highest BCUT2D eigenvalue weighted by Gasteiger charge is 2.17. The highest BCUT2D eigenvalue weighted by molar-refractivity contribution is 5.75. The Balaban J connectivity index is 2.73. The molecule has 4 nitrogen and oxygen atoms in total. The van der Waals surface area contributed by atoms with Crippen molar-refractivity contribution in [1.29, 1.82) is 0 Å². The second-order valence-electron chi connectivity index (χ2n) is 4.02. The van der Waals surface area contributed by atoms with Gasteiger partial charge in [-0.15, -0.1) is 0 Å². The van der Waals surface area contributed by atoms with E-state index in [1.807, 2.05) is 20.9 Å². The summed E-state index contributed by atoms with van der Waals surface area (Å²) in [5, 5.41) is 0. The molecule has 0 aliphatic rings. The second-order valence-corrected chi connectivity index (χ2v) is 4.02. The van der Waals surface area contributed by atoms with Crippen LogP contribution in [0, 0.1) is 13.8 Å². The van der Waals surface area contributed by atoms with Gasteiger partial charge in [0, 0.05) is 18.4 Å². The van der Waals surface area contributed by atoms with Crippen molar-refractivity contribution in [3.63, 3.8) is 0 Å². The molecule has 0 radical (unpaired) electrons. The van der Waals surface area contributed by atoms with Gasteiger partial charge in [0.05, 0.1) is 6.61 Å². The summed E-state index contributed by atoms with van der Waals surface area (Å²) in [5.74, 6) is -0.330. The first-order valence-electron chi connectivity index (χ1n) is 5.51. The zero-order valence-corrected chi connectivity index (χ0v) is 10.4. The summed E-state index contributed by atoms with van der Waals surface area (Å²) in [6.07, 6.45) is 0.534. The van der Waals surface area contributed by atoms with Crippen molar-refractivity contribution >= 4 is 5.97 Å². The fraction of sp³-hybridized carbons (Fsp3) is 0.583. The van der Waals surface area contributed by atoms with Gasteiger partial charge in [-0.2, -0.15) is 0 Å². The zero-order valence-electron chi connectivity index (χ0n) is 10.4. The van der Waals surface area contributed by atoms with E-state index in [9.17, 15) is 4.79 Å². The molecular formula is C12H20N2O2. The highest BCUT2D eigenvalue weighted by Crippen LogP contribution is 2.14. The number of rotatable bonds is 4. The number of aromatic nitrogens is 1. The summed E-state index contributed by atoms with van der Waals surface area (Å²) in [6.45, 7) is 6.22. The Kier molecular flexibility index (Phi) is 4.12. The Morgan fingerprint density at radius 1 is 1.56 bits per heavy atom. The lowest BCUT2D eigenvalue weighted by molar-refractivity contribution is -0.144. The molecule has 0 saturated carbocycles. The highest BCUT2D eigenvalue weighted by atomic mass is 16.5. The summed E-state index contributed by atoms with van der Waals surface area (Å²) >= 11 is 0. The van der Waals surface area contributed by atoms with E-state index in [2.05, 4.69) is 10.6 Å². The number of ether oxygens (including phenoxy) is 1. The van der Waals surface area contributed by atoms with E-state index in [0.29, 0.717) is 13.0 Å². The van der Waals surface area contributed by atoms with Crippen LogP contribution in [-0.2, 0) is 23.0 Å². The van der Waals surface area contributed by atoms with Gasteiger partial charge in [-0.25, -0.2) is 0 Å². The van der Waals surface area contributed by atoms with Crippen LogP contribution in [0.4, 0.5) is 0 Å². The second kappa shape index (κ2) is 5.16. The Bertz CT molecular complexity index is 383. The van der Waals surface area contributed by atoms with Crippen LogP contribution in [0.25, 0.3) is 0 Å². The molecule has 0 aromatic carbocycles. The first-order valence-corrected chi connectivity index (χ1v) is 5.51. The topological polar surface area (TPSA) is 57.2 Å². The van der Waals surface area contributed by atoms with Gasteiger partial charge in [0.15, 0.2) is 0 Å². The van der Waals surface area contributed by atoms with Crippen molar-refractivity contribution < 1.29 is 9.53 Å². The minimum atomic E-state index is -0.569. The SMILES string of the molecule is CCOC(=O)C(N)Cc1cc(C)n(C)c1C. The lowest BCUT2D eigenvalue weighted by atomic mass is 10.1. The Morgan fingerprint density at radius 2 is 2.19 bits per heavy atom. The molecule has 1 aromatic rings. The fourth-order valence-electron chi connectivity index (χ4n) is 1.71. The number of nitrogens with zero attached hydrogens (tertiary/aromatic N) is 1.